The molecular formula is C21H27N5OS. The molecule has 148 valence electrons. The third-order valence-electron chi connectivity index (χ3n) is 4.96. The van der Waals surface area contributed by atoms with Crippen LogP contribution in [0.25, 0.3) is 5.78 Å². The molecule has 6 nitrogen and oxygen atoms in total. The van der Waals surface area contributed by atoms with Crippen molar-refractivity contribution in [3.05, 3.63) is 52.8 Å². The van der Waals surface area contributed by atoms with Crippen LogP contribution in [0.5, 0.6) is 0 Å². The van der Waals surface area contributed by atoms with Gasteiger partial charge in [-0.15, -0.1) is 5.10 Å². The zero-order valence-electron chi connectivity index (χ0n) is 17.1. The lowest BCUT2D eigenvalue weighted by Gasteiger charge is -2.23. The number of benzene rings is 1. The van der Waals surface area contributed by atoms with E-state index in [1.807, 2.05) is 38.3 Å². The first-order valence-electron chi connectivity index (χ1n) is 9.51. The molecule has 0 aliphatic rings. The highest BCUT2D eigenvalue weighted by atomic mass is 32.2. The summed E-state index contributed by atoms with van der Waals surface area (Å²) in [7, 11) is 0. The molecule has 2 heterocycles. The fraction of sp³-hybridized carbons (Fsp3) is 0.429. The lowest BCUT2D eigenvalue weighted by atomic mass is 9.95. The molecule has 3 aromatic rings. The molecule has 0 aliphatic heterocycles. The number of aromatic nitrogens is 4. The standard InChI is InChI=1S/C21H27N5OS/c1-13(2)19(16-9-7-6-8-10-16)23-18(27)12-11-17-14(3)22-20-24-21(28-5)25-26(20)15(17)4/h6-10,13,19H,11-12H2,1-5H3,(H,23,27)/t19-/m1/s1. The maximum Gasteiger partial charge on any atom is 0.253 e. The molecule has 3 rings (SSSR count). The minimum absolute atomic E-state index is 0.0101. The zero-order valence-corrected chi connectivity index (χ0v) is 17.9. The van der Waals surface area contributed by atoms with E-state index in [0.29, 0.717) is 29.7 Å². The minimum atomic E-state index is 0.0101. The van der Waals surface area contributed by atoms with E-state index >= 15 is 0 Å². The molecule has 0 bridgehead atoms. The van der Waals surface area contributed by atoms with E-state index in [9.17, 15) is 4.79 Å². The molecule has 0 unspecified atom stereocenters. The maximum absolute atomic E-state index is 12.7. The summed E-state index contributed by atoms with van der Waals surface area (Å²) in [5, 5.41) is 8.37. The van der Waals surface area contributed by atoms with Gasteiger partial charge in [0.15, 0.2) is 0 Å². The molecule has 2 aromatic heterocycles. The summed E-state index contributed by atoms with van der Waals surface area (Å²) in [5.74, 6) is 0.967. The van der Waals surface area contributed by atoms with Crippen molar-refractivity contribution in [3.63, 3.8) is 0 Å². The summed E-state index contributed by atoms with van der Waals surface area (Å²) in [4.78, 5) is 21.6. The van der Waals surface area contributed by atoms with E-state index in [1.54, 1.807) is 4.52 Å². The largest absolute Gasteiger partial charge is 0.349 e. The molecule has 0 radical (unpaired) electrons. The van der Waals surface area contributed by atoms with E-state index in [2.05, 4.69) is 46.4 Å². The number of rotatable bonds is 7. The van der Waals surface area contributed by atoms with Gasteiger partial charge in [0.05, 0.1) is 6.04 Å². The van der Waals surface area contributed by atoms with Crippen LogP contribution in [0.3, 0.4) is 0 Å². The second-order valence-electron chi connectivity index (χ2n) is 7.27. The van der Waals surface area contributed by atoms with E-state index in [-0.39, 0.29) is 11.9 Å². The van der Waals surface area contributed by atoms with E-state index in [4.69, 9.17) is 0 Å². The molecule has 1 amide bonds. The van der Waals surface area contributed by atoms with Crippen LogP contribution in [-0.4, -0.2) is 31.7 Å². The summed E-state index contributed by atoms with van der Waals surface area (Å²) in [5.41, 5.74) is 4.09. The molecule has 0 aliphatic carbocycles. The average molecular weight is 398 g/mol. The molecule has 1 atom stereocenters. The zero-order chi connectivity index (χ0) is 20.3. The lowest BCUT2D eigenvalue weighted by Crippen LogP contribution is -2.32. The second-order valence-corrected chi connectivity index (χ2v) is 8.04. The Bertz CT molecular complexity index is 968. The van der Waals surface area contributed by atoms with Gasteiger partial charge in [0.1, 0.15) is 0 Å². The van der Waals surface area contributed by atoms with Gasteiger partial charge in [-0.3, -0.25) is 4.79 Å². The van der Waals surface area contributed by atoms with Gasteiger partial charge in [0.2, 0.25) is 11.1 Å². The molecule has 0 spiro atoms. The summed E-state index contributed by atoms with van der Waals surface area (Å²) in [6.07, 6.45) is 2.98. The van der Waals surface area contributed by atoms with Crippen LogP contribution in [0.15, 0.2) is 35.5 Å². The molecule has 0 fully saturated rings. The van der Waals surface area contributed by atoms with Gasteiger partial charge in [-0.1, -0.05) is 55.9 Å². The first-order valence-corrected chi connectivity index (χ1v) is 10.7. The fourth-order valence-electron chi connectivity index (χ4n) is 3.42. The number of nitrogens with one attached hydrogen (secondary N) is 1. The molecule has 0 saturated heterocycles. The van der Waals surface area contributed by atoms with Gasteiger partial charge >= 0.3 is 0 Å². The predicted octanol–water partition coefficient (Wildman–Crippen LogP) is 3.91. The number of hydrogen-bond donors (Lipinski definition) is 1. The normalized spacial score (nSPS) is 12.5. The van der Waals surface area contributed by atoms with Crippen LogP contribution in [-0.2, 0) is 11.2 Å². The predicted molar refractivity (Wildman–Crippen MR) is 113 cm³/mol. The van der Waals surface area contributed by atoms with E-state index in [1.165, 1.54) is 11.8 Å². The molecule has 28 heavy (non-hydrogen) atoms. The number of amides is 1. The van der Waals surface area contributed by atoms with Gasteiger partial charge in [-0.25, -0.2) is 9.50 Å². The summed E-state index contributed by atoms with van der Waals surface area (Å²) in [6.45, 7) is 8.22. The molecule has 7 heteroatoms. The van der Waals surface area contributed by atoms with Crippen molar-refractivity contribution in [1.82, 2.24) is 24.9 Å². The molecule has 1 aromatic carbocycles. The summed E-state index contributed by atoms with van der Waals surface area (Å²) < 4.78 is 1.77. The number of aryl methyl sites for hydroxylation is 2. The van der Waals surface area contributed by atoms with Crippen LogP contribution in [0.2, 0.25) is 0 Å². The van der Waals surface area contributed by atoms with Crippen LogP contribution in [0.1, 0.15) is 48.8 Å². The molecule has 1 N–H and O–H groups in total. The average Bonchev–Trinajstić information content (AvgIpc) is 3.09. The Morgan fingerprint density at radius 1 is 1.18 bits per heavy atom. The first-order chi connectivity index (χ1) is 13.4. The van der Waals surface area contributed by atoms with Gasteiger partial charge in [-0.05, 0) is 43.6 Å². The number of thioether (sulfide) groups is 1. The number of fused-ring (bicyclic) bond motifs is 1. The molecule has 0 saturated carbocycles. The Morgan fingerprint density at radius 3 is 2.54 bits per heavy atom. The van der Waals surface area contributed by atoms with Crippen LogP contribution >= 0.6 is 11.8 Å². The minimum Gasteiger partial charge on any atom is -0.349 e. The highest BCUT2D eigenvalue weighted by Gasteiger charge is 2.19. The highest BCUT2D eigenvalue weighted by molar-refractivity contribution is 7.98. The monoisotopic (exact) mass is 397 g/mol. The van der Waals surface area contributed by atoms with Crippen molar-refractivity contribution >= 4 is 23.4 Å². The highest BCUT2D eigenvalue weighted by Crippen LogP contribution is 2.22. The quantitative estimate of drug-likeness (QED) is 0.612. The van der Waals surface area contributed by atoms with Crippen molar-refractivity contribution in [1.29, 1.82) is 0 Å². The number of nitrogens with zero attached hydrogens (tertiary/aromatic N) is 4. The number of carbonyl (C=O) groups is 1. The van der Waals surface area contributed by atoms with Gasteiger partial charge < -0.3 is 5.32 Å². The molecular weight excluding hydrogens is 370 g/mol. The van der Waals surface area contributed by atoms with Crippen molar-refractivity contribution in [2.24, 2.45) is 5.92 Å². The van der Waals surface area contributed by atoms with Crippen LogP contribution in [0, 0.1) is 19.8 Å². The first kappa shape index (κ1) is 20.3. The Balaban J connectivity index is 1.73. The van der Waals surface area contributed by atoms with Crippen LogP contribution in [0.4, 0.5) is 0 Å². The summed E-state index contributed by atoms with van der Waals surface area (Å²) in [6, 6.07) is 10.1. The van der Waals surface area contributed by atoms with Crippen molar-refractivity contribution < 1.29 is 4.79 Å². The summed E-state index contributed by atoms with van der Waals surface area (Å²) >= 11 is 1.49. The van der Waals surface area contributed by atoms with Crippen molar-refractivity contribution in [2.45, 2.75) is 51.7 Å². The van der Waals surface area contributed by atoms with Gasteiger partial charge in [0.25, 0.3) is 5.78 Å². The second kappa shape index (κ2) is 8.73. The maximum atomic E-state index is 12.7. The Hall–Kier alpha value is -2.41. The Kier molecular flexibility index (Phi) is 6.34. The van der Waals surface area contributed by atoms with Gasteiger partial charge in [-0.2, -0.15) is 4.98 Å². The fourth-order valence-corrected chi connectivity index (χ4v) is 3.75. The third-order valence-corrected chi connectivity index (χ3v) is 5.49. The third kappa shape index (κ3) is 4.35. The lowest BCUT2D eigenvalue weighted by molar-refractivity contribution is -0.122. The Morgan fingerprint density at radius 2 is 1.89 bits per heavy atom. The van der Waals surface area contributed by atoms with Crippen LogP contribution < -0.4 is 5.32 Å². The van der Waals surface area contributed by atoms with E-state index in [0.717, 1.165) is 22.5 Å². The Labute approximate surface area is 170 Å². The SMILES string of the molecule is CSc1nc2nc(C)c(CCC(=O)N[C@@H](c3ccccc3)C(C)C)c(C)n2n1. The van der Waals surface area contributed by atoms with E-state index < -0.39 is 0 Å². The van der Waals surface area contributed by atoms with Gasteiger partial charge in [0, 0.05) is 17.8 Å². The smallest absolute Gasteiger partial charge is 0.253 e. The topological polar surface area (TPSA) is 72.2 Å². The number of hydrogen-bond acceptors (Lipinski definition) is 5. The number of carbonyl (C=O) groups excluding carboxylic acids is 1. The van der Waals surface area contributed by atoms with Crippen molar-refractivity contribution in [2.75, 3.05) is 6.26 Å². The van der Waals surface area contributed by atoms with Crippen molar-refractivity contribution in [3.8, 4) is 0 Å².